The smallest absolute Gasteiger partial charge is 0.133 e. The van der Waals surface area contributed by atoms with Crippen molar-refractivity contribution in [1.29, 1.82) is 0 Å². The van der Waals surface area contributed by atoms with Crippen molar-refractivity contribution >= 4 is 12.4 Å². The number of aliphatic hydroxyl groups is 3. The van der Waals surface area contributed by atoms with E-state index in [9.17, 15) is 0 Å². The van der Waals surface area contributed by atoms with Gasteiger partial charge in [0, 0.05) is 0 Å². The van der Waals surface area contributed by atoms with Crippen LogP contribution in [0, 0.1) is 0 Å². The summed E-state index contributed by atoms with van der Waals surface area (Å²) in [4.78, 5) is 9.12. The molecule has 1 fully saturated rings. The van der Waals surface area contributed by atoms with Gasteiger partial charge in [-0.15, -0.1) is 12.4 Å². The lowest BCUT2D eigenvalue weighted by Crippen LogP contribution is -2.41. The molecule has 1 heterocycles. The zero-order valence-electron chi connectivity index (χ0n) is 6.21. The average Bonchev–Trinajstić information content (AvgIpc) is 2.16. The highest BCUT2D eigenvalue weighted by atomic mass is 35.5. The van der Waals surface area contributed by atoms with Gasteiger partial charge in [0.2, 0.25) is 0 Å². The molecule has 74 valence electrons. The molecule has 4 N–H and O–H groups in total. The molecule has 1 saturated heterocycles. The Morgan fingerprint density at radius 2 is 2.08 bits per heavy atom. The summed E-state index contributed by atoms with van der Waals surface area (Å²) in [5.41, 5.74) is 2.03. The third kappa shape index (κ3) is 2.83. The zero-order valence-corrected chi connectivity index (χ0v) is 7.03. The van der Waals surface area contributed by atoms with Crippen molar-refractivity contribution in [2.75, 3.05) is 13.2 Å². The quantitative estimate of drug-likeness (QED) is 0.391. The molecule has 1 aliphatic heterocycles. The van der Waals surface area contributed by atoms with Gasteiger partial charge in [-0.2, -0.15) is 0 Å². The van der Waals surface area contributed by atoms with Crippen molar-refractivity contribution in [3.63, 3.8) is 0 Å². The SMILES string of the molecule is Cl.OC[C@H]1ONOC[C@@H](O)[C@@H]1O. The Morgan fingerprint density at radius 3 is 2.67 bits per heavy atom. The first kappa shape index (κ1) is 12.0. The zero-order chi connectivity index (χ0) is 8.27. The highest BCUT2D eigenvalue weighted by molar-refractivity contribution is 5.85. The van der Waals surface area contributed by atoms with Gasteiger partial charge in [-0.05, 0) is 0 Å². The lowest BCUT2D eigenvalue weighted by molar-refractivity contribution is -0.198. The Labute approximate surface area is 75.4 Å². The molecule has 0 saturated carbocycles. The summed E-state index contributed by atoms with van der Waals surface area (Å²) in [6, 6.07) is 0. The summed E-state index contributed by atoms with van der Waals surface area (Å²) in [6.07, 6.45) is -3.02. The van der Waals surface area contributed by atoms with E-state index in [2.05, 4.69) is 9.68 Å². The van der Waals surface area contributed by atoms with E-state index in [1.165, 1.54) is 0 Å². The first-order valence-electron chi connectivity index (χ1n) is 3.25. The Balaban J connectivity index is 0.00000121. The predicted octanol–water partition coefficient (Wildman–Crippen LogP) is -2.04. The lowest BCUT2D eigenvalue weighted by atomic mass is 10.1. The van der Waals surface area contributed by atoms with Crippen LogP contribution in [0.4, 0.5) is 0 Å². The Bertz CT molecular complexity index is 126. The molecule has 6 nitrogen and oxygen atoms in total. The van der Waals surface area contributed by atoms with E-state index in [-0.39, 0.29) is 25.6 Å². The normalized spacial score (nSPS) is 36.8. The maximum atomic E-state index is 9.16. The fourth-order valence-corrected chi connectivity index (χ4v) is 0.777. The van der Waals surface area contributed by atoms with E-state index in [0.717, 1.165) is 0 Å². The molecule has 0 aliphatic carbocycles. The topological polar surface area (TPSA) is 91.2 Å². The van der Waals surface area contributed by atoms with E-state index in [1.54, 1.807) is 0 Å². The highest BCUT2D eigenvalue weighted by Gasteiger charge is 2.29. The van der Waals surface area contributed by atoms with Crippen LogP contribution in [-0.4, -0.2) is 46.8 Å². The number of halogens is 1. The van der Waals surface area contributed by atoms with Crippen LogP contribution in [0.1, 0.15) is 0 Å². The Hall–Kier alpha value is 0.0500. The molecular formula is C5H12ClNO5. The van der Waals surface area contributed by atoms with Crippen LogP contribution in [-0.2, 0) is 9.68 Å². The minimum Gasteiger partial charge on any atom is -0.393 e. The van der Waals surface area contributed by atoms with Gasteiger partial charge in [-0.25, -0.2) is 0 Å². The average molecular weight is 202 g/mol. The molecule has 3 atom stereocenters. The van der Waals surface area contributed by atoms with Crippen molar-refractivity contribution in [2.24, 2.45) is 0 Å². The van der Waals surface area contributed by atoms with Gasteiger partial charge in [0.25, 0.3) is 0 Å². The lowest BCUT2D eigenvalue weighted by Gasteiger charge is -2.18. The molecule has 0 amide bonds. The molecular weight excluding hydrogens is 190 g/mol. The molecule has 0 aromatic heterocycles. The molecule has 1 aliphatic rings. The van der Waals surface area contributed by atoms with Crippen LogP contribution in [0.25, 0.3) is 0 Å². The second kappa shape index (κ2) is 5.65. The number of hydrogen-bond acceptors (Lipinski definition) is 6. The van der Waals surface area contributed by atoms with Gasteiger partial charge >= 0.3 is 0 Å². The number of rotatable bonds is 1. The Kier molecular flexibility index (Phi) is 5.68. The number of aliphatic hydroxyl groups excluding tert-OH is 3. The van der Waals surface area contributed by atoms with Gasteiger partial charge in [-0.3, -0.25) is 9.68 Å². The summed E-state index contributed by atoms with van der Waals surface area (Å²) >= 11 is 0. The van der Waals surface area contributed by atoms with E-state index in [1.807, 2.05) is 5.64 Å². The van der Waals surface area contributed by atoms with Crippen molar-refractivity contribution in [2.45, 2.75) is 18.3 Å². The molecule has 0 bridgehead atoms. The summed E-state index contributed by atoms with van der Waals surface area (Å²) in [5.74, 6) is 0. The molecule has 12 heavy (non-hydrogen) atoms. The maximum Gasteiger partial charge on any atom is 0.133 e. The summed E-state index contributed by atoms with van der Waals surface area (Å²) < 4.78 is 0. The fraction of sp³-hybridized carbons (Fsp3) is 1.00. The number of hydrogen-bond donors (Lipinski definition) is 4. The molecule has 0 aromatic carbocycles. The minimum atomic E-state index is -1.13. The van der Waals surface area contributed by atoms with E-state index in [0.29, 0.717) is 0 Å². The summed E-state index contributed by atoms with van der Waals surface area (Å²) in [6.45, 7) is -0.452. The highest BCUT2D eigenvalue weighted by Crippen LogP contribution is 2.06. The summed E-state index contributed by atoms with van der Waals surface area (Å²) in [7, 11) is 0. The third-order valence-electron chi connectivity index (χ3n) is 1.47. The van der Waals surface area contributed by atoms with Crippen LogP contribution < -0.4 is 5.64 Å². The van der Waals surface area contributed by atoms with Crippen molar-refractivity contribution in [1.82, 2.24) is 5.64 Å². The third-order valence-corrected chi connectivity index (χ3v) is 1.47. The molecule has 7 heteroatoms. The summed E-state index contributed by atoms with van der Waals surface area (Å²) in [5, 5.41) is 26.8. The van der Waals surface area contributed by atoms with Crippen LogP contribution in [0.15, 0.2) is 0 Å². The van der Waals surface area contributed by atoms with Crippen LogP contribution in [0.2, 0.25) is 0 Å². The fourth-order valence-electron chi connectivity index (χ4n) is 0.777. The van der Waals surface area contributed by atoms with Crippen LogP contribution in [0.5, 0.6) is 0 Å². The maximum absolute atomic E-state index is 9.16. The van der Waals surface area contributed by atoms with Crippen molar-refractivity contribution in [3.8, 4) is 0 Å². The standard InChI is InChI=1S/C5H11NO5.ClH/c7-1-4-5(9)3(8)2-10-6-11-4;/h3-9H,1-2H2;1H/t3-,4-,5+;/m1./s1. The predicted molar refractivity (Wildman–Crippen MR) is 40.3 cm³/mol. The van der Waals surface area contributed by atoms with E-state index in [4.69, 9.17) is 15.3 Å². The molecule has 0 spiro atoms. The minimum absolute atomic E-state index is 0. The van der Waals surface area contributed by atoms with Gasteiger partial charge in [-0.1, -0.05) is 5.64 Å². The molecule has 0 unspecified atom stereocenters. The first-order valence-corrected chi connectivity index (χ1v) is 3.25. The first-order chi connectivity index (χ1) is 5.25. The Morgan fingerprint density at radius 1 is 1.42 bits per heavy atom. The van der Waals surface area contributed by atoms with Crippen LogP contribution in [0.3, 0.4) is 0 Å². The molecule has 0 radical (unpaired) electrons. The number of nitrogens with one attached hydrogen (secondary N) is 1. The van der Waals surface area contributed by atoms with E-state index >= 15 is 0 Å². The van der Waals surface area contributed by atoms with Gasteiger partial charge < -0.3 is 15.3 Å². The van der Waals surface area contributed by atoms with Gasteiger partial charge in [0.1, 0.15) is 18.3 Å². The molecule has 0 aromatic rings. The second-order valence-electron chi connectivity index (χ2n) is 2.29. The van der Waals surface area contributed by atoms with Crippen molar-refractivity contribution in [3.05, 3.63) is 0 Å². The monoisotopic (exact) mass is 201 g/mol. The van der Waals surface area contributed by atoms with Crippen LogP contribution >= 0.6 is 12.4 Å². The largest absolute Gasteiger partial charge is 0.393 e. The van der Waals surface area contributed by atoms with Gasteiger partial charge in [0.15, 0.2) is 0 Å². The van der Waals surface area contributed by atoms with E-state index < -0.39 is 18.3 Å². The van der Waals surface area contributed by atoms with Crippen molar-refractivity contribution < 1.29 is 25.0 Å². The molecule has 1 rings (SSSR count). The van der Waals surface area contributed by atoms with Gasteiger partial charge in [0.05, 0.1) is 13.2 Å². The second-order valence-corrected chi connectivity index (χ2v) is 2.29.